The van der Waals surface area contributed by atoms with Gasteiger partial charge in [-0.1, -0.05) is 31.9 Å². The van der Waals surface area contributed by atoms with E-state index in [9.17, 15) is 14.0 Å². The summed E-state index contributed by atoms with van der Waals surface area (Å²) in [6.07, 6.45) is 2.66. The highest BCUT2D eigenvalue weighted by Gasteiger charge is 2.19. The van der Waals surface area contributed by atoms with Crippen LogP contribution in [-0.4, -0.2) is 28.0 Å². The monoisotopic (exact) mass is 364 g/mol. The van der Waals surface area contributed by atoms with E-state index >= 15 is 0 Å². The molecule has 0 aliphatic carbocycles. The predicted octanol–water partition coefficient (Wildman–Crippen LogP) is 3.18. The van der Waals surface area contributed by atoms with E-state index in [2.05, 4.69) is 10.3 Å². The van der Waals surface area contributed by atoms with Crippen molar-refractivity contribution in [2.45, 2.75) is 45.1 Å². The average molecular weight is 364 g/mol. The number of thiazole rings is 1. The van der Waals surface area contributed by atoms with Crippen molar-refractivity contribution in [1.29, 1.82) is 0 Å². The molecule has 1 aromatic carbocycles. The molecule has 1 amide bonds. The lowest BCUT2D eigenvalue weighted by Gasteiger charge is -2.13. The molecule has 1 heterocycles. The molecule has 0 saturated carbocycles. The van der Waals surface area contributed by atoms with Gasteiger partial charge < -0.3 is 10.4 Å². The third-order valence-electron chi connectivity index (χ3n) is 3.69. The number of benzene rings is 1. The number of nitrogens with one attached hydrogen (secondary N) is 1. The number of carboxylic acid groups (broad SMARTS) is 1. The van der Waals surface area contributed by atoms with Crippen molar-refractivity contribution in [3.05, 3.63) is 51.7 Å². The van der Waals surface area contributed by atoms with Crippen molar-refractivity contribution >= 4 is 23.2 Å². The van der Waals surface area contributed by atoms with Gasteiger partial charge in [-0.2, -0.15) is 0 Å². The summed E-state index contributed by atoms with van der Waals surface area (Å²) in [4.78, 5) is 27.6. The molecule has 0 saturated heterocycles. The number of hydrogen-bond acceptors (Lipinski definition) is 4. The number of hydrogen-bond donors (Lipinski definition) is 2. The Kier molecular flexibility index (Phi) is 7.06. The van der Waals surface area contributed by atoms with Crippen LogP contribution in [0.5, 0.6) is 0 Å². The maximum Gasteiger partial charge on any atom is 0.326 e. The van der Waals surface area contributed by atoms with Gasteiger partial charge in [-0.3, -0.25) is 4.79 Å². The molecule has 7 heteroatoms. The van der Waals surface area contributed by atoms with Crippen molar-refractivity contribution < 1.29 is 19.1 Å². The van der Waals surface area contributed by atoms with Crippen molar-refractivity contribution in [3.8, 4) is 0 Å². The van der Waals surface area contributed by atoms with Crippen LogP contribution in [0.4, 0.5) is 4.39 Å². The smallest absolute Gasteiger partial charge is 0.326 e. The molecular formula is C18H21FN2O3S. The summed E-state index contributed by atoms with van der Waals surface area (Å²) in [5.74, 6) is -1.64. The van der Waals surface area contributed by atoms with Gasteiger partial charge in [0.1, 0.15) is 11.9 Å². The molecule has 0 bridgehead atoms. The largest absolute Gasteiger partial charge is 0.480 e. The maximum absolute atomic E-state index is 12.9. The highest BCUT2D eigenvalue weighted by atomic mass is 32.1. The molecule has 0 aliphatic rings. The van der Waals surface area contributed by atoms with E-state index < -0.39 is 12.0 Å². The summed E-state index contributed by atoms with van der Waals surface area (Å²) in [5.41, 5.74) is 1.55. The third kappa shape index (κ3) is 6.26. The summed E-state index contributed by atoms with van der Waals surface area (Å²) in [5, 5.41) is 14.3. The van der Waals surface area contributed by atoms with Crippen LogP contribution in [0.1, 0.15) is 42.5 Å². The van der Waals surface area contributed by atoms with E-state index in [-0.39, 0.29) is 18.1 Å². The fourth-order valence-corrected chi connectivity index (χ4v) is 3.19. The second kappa shape index (κ2) is 9.27. The predicted molar refractivity (Wildman–Crippen MR) is 94.1 cm³/mol. The second-order valence-corrected chi connectivity index (χ2v) is 6.76. The molecule has 0 fully saturated rings. The Labute approximate surface area is 149 Å². The van der Waals surface area contributed by atoms with Crippen molar-refractivity contribution in [1.82, 2.24) is 10.3 Å². The molecule has 2 aromatic rings. The van der Waals surface area contributed by atoms with Gasteiger partial charge in [-0.25, -0.2) is 14.2 Å². The van der Waals surface area contributed by atoms with Gasteiger partial charge in [-0.05, 0) is 24.1 Å². The van der Waals surface area contributed by atoms with Crippen molar-refractivity contribution in [2.24, 2.45) is 0 Å². The Morgan fingerprint density at radius 1 is 1.32 bits per heavy atom. The van der Waals surface area contributed by atoms with Gasteiger partial charge in [0.2, 0.25) is 5.91 Å². The lowest BCUT2D eigenvalue weighted by molar-refractivity contribution is -0.142. The number of carboxylic acids is 1. The minimum atomic E-state index is -1.02. The number of aliphatic carboxylic acids is 1. The van der Waals surface area contributed by atoms with E-state index in [4.69, 9.17) is 5.11 Å². The number of aromatic nitrogens is 1. The first-order valence-corrected chi connectivity index (χ1v) is 9.05. The minimum Gasteiger partial charge on any atom is -0.480 e. The molecule has 0 spiro atoms. The maximum atomic E-state index is 12.9. The van der Waals surface area contributed by atoms with E-state index in [1.807, 2.05) is 6.92 Å². The lowest BCUT2D eigenvalue weighted by atomic mass is 10.1. The Balaban J connectivity index is 1.90. The van der Waals surface area contributed by atoms with Crippen LogP contribution in [0, 0.1) is 5.82 Å². The Bertz CT molecular complexity index is 715. The first-order chi connectivity index (χ1) is 12.0. The van der Waals surface area contributed by atoms with Crippen LogP contribution < -0.4 is 5.32 Å². The van der Waals surface area contributed by atoms with Crippen LogP contribution in [0.25, 0.3) is 0 Å². The van der Waals surface area contributed by atoms with E-state index in [1.54, 1.807) is 17.5 Å². The molecular weight excluding hydrogens is 343 g/mol. The molecule has 134 valence electrons. The minimum absolute atomic E-state index is 0.0514. The normalized spacial score (nSPS) is 11.9. The second-order valence-electron chi connectivity index (χ2n) is 5.81. The number of halogens is 1. The molecule has 5 nitrogen and oxygen atoms in total. The van der Waals surface area contributed by atoms with Crippen molar-refractivity contribution in [3.63, 3.8) is 0 Å². The summed E-state index contributed by atoms with van der Waals surface area (Å²) in [6, 6.07) is 5.35. The number of carbonyl (C=O) groups excluding carboxylic acids is 1. The quantitative estimate of drug-likeness (QED) is 0.716. The summed E-state index contributed by atoms with van der Waals surface area (Å²) < 4.78 is 12.9. The van der Waals surface area contributed by atoms with Crippen LogP contribution >= 0.6 is 11.3 Å². The Morgan fingerprint density at radius 3 is 2.68 bits per heavy atom. The first kappa shape index (κ1) is 19.1. The highest BCUT2D eigenvalue weighted by molar-refractivity contribution is 7.09. The fourth-order valence-electron chi connectivity index (χ4n) is 2.36. The standard InChI is InChI=1S/C18H21FN2O3S/c1-2-3-4-15(18(23)24)21-16(22)10-14-11-25-17(20-14)9-12-5-7-13(19)8-6-12/h5-8,11,15H,2-4,9-10H2,1H3,(H,21,22)(H,23,24). The number of carbonyl (C=O) groups is 2. The molecule has 0 radical (unpaired) electrons. The van der Waals surface area contributed by atoms with Gasteiger partial charge in [0, 0.05) is 11.8 Å². The van der Waals surface area contributed by atoms with Gasteiger partial charge >= 0.3 is 5.97 Å². The molecule has 1 aromatic heterocycles. The van der Waals surface area contributed by atoms with Gasteiger partial charge in [-0.15, -0.1) is 11.3 Å². The topological polar surface area (TPSA) is 79.3 Å². The molecule has 1 atom stereocenters. The van der Waals surface area contributed by atoms with E-state index in [0.717, 1.165) is 23.4 Å². The summed E-state index contributed by atoms with van der Waals surface area (Å²) >= 11 is 1.43. The third-order valence-corrected chi connectivity index (χ3v) is 4.59. The SMILES string of the molecule is CCCCC(NC(=O)Cc1csc(Cc2ccc(F)cc2)n1)C(=O)O. The first-order valence-electron chi connectivity index (χ1n) is 8.17. The van der Waals surface area contributed by atoms with Gasteiger partial charge in [0.05, 0.1) is 17.1 Å². The van der Waals surface area contributed by atoms with Gasteiger partial charge in [0.15, 0.2) is 0 Å². The number of unbranched alkanes of at least 4 members (excludes halogenated alkanes) is 1. The lowest BCUT2D eigenvalue weighted by Crippen LogP contribution is -2.41. The Morgan fingerprint density at radius 2 is 2.04 bits per heavy atom. The average Bonchev–Trinajstić information content (AvgIpc) is 3.00. The van der Waals surface area contributed by atoms with Crippen LogP contribution in [-0.2, 0) is 22.4 Å². The molecule has 1 unspecified atom stereocenters. The van der Waals surface area contributed by atoms with Crippen LogP contribution in [0.2, 0.25) is 0 Å². The number of rotatable bonds is 9. The number of amides is 1. The zero-order valence-corrected chi connectivity index (χ0v) is 14.8. The molecule has 2 N–H and O–H groups in total. The fraction of sp³-hybridized carbons (Fsp3) is 0.389. The Hall–Kier alpha value is -2.28. The zero-order valence-electron chi connectivity index (χ0n) is 14.0. The molecule has 25 heavy (non-hydrogen) atoms. The van der Waals surface area contributed by atoms with E-state index in [0.29, 0.717) is 18.5 Å². The zero-order chi connectivity index (χ0) is 18.2. The van der Waals surface area contributed by atoms with E-state index in [1.165, 1.54) is 23.5 Å². The van der Waals surface area contributed by atoms with Gasteiger partial charge in [0.25, 0.3) is 0 Å². The summed E-state index contributed by atoms with van der Waals surface area (Å²) in [7, 11) is 0. The molecule has 0 aliphatic heterocycles. The van der Waals surface area contributed by atoms with Crippen molar-refractivity contribution in [2.75, 3.05) is 0 Å². The van der Waals surface area contributed by atoms with Crippen LogP contribution in [0.3, 0.4) is 0 Å². The molecule has 2 rings (SSSR count). The number of nitrogens with zero attached hydrogens (tertiary/aromatic N) is 1. The summed E-state index contributed by atoms with van der Waals surface area (Å²) in [6.45, 7) is 1.97. The van der Waals surface area contributed by atoms with Crippen LogP contribution in [0.15, 0.2) is 29.6 Å². The highest BCUT2D eigenvalue weighted by Crippen LogP contribution is 2.16.